The summed E-state index contributed by atoms with van der Waals surface area (Å²) < 4.78 is 0. The van der Waals surface area contributed by atoms with Crippen molar-refractivity contribution in [2.24, 2.45) is 0 Å². The number of carbonyl (C=O) groups is 5. The third kappa shape index (κ3) is 14.1. The van der Waals surface area contributed by atoms with E-state index >= 15 is 0 Å². The number of aliphatic carboxylic acids is 5. The number of anilines is 2. The van der Waals surface area contributed by atoms with Gasteiger partial charge >= 0.3 is 29.8 Å². The van der Waals surface area contributed by atoms with Crippen LogP contribution in [0.25, 0.3) is 0 Å². The van der Waals surface area contributed by atoms with Gasteiger partial charge in [0.25, 0.3) is 0 Å². The van der Waals surface area contributed by atoms with E-state index in [0.717, 1.165) is 16.7 Å². The van der Waals surface area contributed by atoms with E-state index < -0.39 is 35.9 Å². The highest BCUT2D eigenvalue weighted by molar-refractivity contribution is 5.76. The monoisotopic (exact) mass is 705 g/mol. The van der Waals surface area contributed by atoms with E-state index in [-0.39, 0.29) is 58.5 Å². The predicted octanol–water partition coefficient (Wildman–Crippen LogP) is 4.37. The normalized spacial score (nSPS) is 11.5. The van der Waals surface area contributed by atoms with Crippen LogP contribution < -0.4 is 9.80 Å². The third-order valence-corrected chi connectivity index (χ3v) is 8.58. The maximum atomic E-state index is 12.8. The van der Waals surface area contributed by atoms with Crippen molar-refractivity contribution >= 4 is 41.2 Å². The lowest BCUT2D eigenvalue weighted by Gasteiger charge is -2.35. The third-order valence-electron chi connectivity index (χ3n) is 8.58. The van der Waals surface area contributed by atoms with Gasteiger partial charge < -0.3 is 35.3 Å². The molecule has 0 spiro atoms. The fourth-order valence-corrected chi connectivity index (χ4v) is 6.15. The summed E-state index contributed by atoms with van der Waals surface area (Å²) in [6, 6.07) is 22.8. The summed E-state index contributed by atoms with van der Waals surface area (Å²) in [5.41, 5.74) is 3.73. The van der Waals surface area contributed by atoms with E-state index in [1.165, 1.54) is 0 Å². The zero-order valence-corrected chi connectivity index (χ0v) is 28.6. The lowest BCUT2D eigenvalue weighted by atomic mass is 10.0. The molecule has 0 saturated heterocycles. The molecule has 0 aliphatic heterocycles. The Labute approximate surface area is 297 Å². The Kier molecular flexibility index (Phi) is 16.4. The van der Waals surface area contributed by atoms with E-state index in [1.54, 1.807) is 51.1 Å². The van der Waals surface area contributed by atoms with Gasteiger partial charge in [-0.05, 0) is 67.3 Å². The molecule has 0 amide bonds. The first-order valence-corrected chi connectivity index (χ1v) is 17.0. The molecule has 51 heavy (non-hydrogen) atoms. The van der Waals surface area contributed by atoms with Crippen LogP contribution in [0.3, 0.4) is 0 Å². The zero-order chi connectivity index (χ0) is 37.2. The number of hydrogen-bond donors (Lipinski definition) is 5. The van der Waals surface area contributed by atoms with Crippen molar-refractivity contribution in [2.75, 3.05) is 49.1 Å². The minimum absolute atomic E-state index is 0.0434. The minimum Gasteiger partial charge on any atom is -0.481 e. The fraction of sp³-hybridized carbons (Fsp3) is 0.395. The van der Waals surface area contributed by atoms with Gasteiger partial charge in [0, 0.05) is 50.4 Å². The summed E-state index contributed by atoms with van der Waals surface area (Å²) in [4.78, 5) is 64.3. The van der Waals surface area contributed by atoms with Gasteiger partial charge in [-0.3, -0.25) is 28.9 Å². The van der Waals surface area contributed by atoms with Gasteiger partial charge in [-0.2, -0.15) is 0 Å². The summed E-state index contributed by atoms with van der Waals surface area (Å²) in [7, 11) is 0. The van der Waals surface area contributed by atoms with Crippen LogP contribution in [0.4, 0.5) is 11.4 Å². The van der Waals surface area contributed by atoms with E-state index in [9.17, 15) is 39.3 Å². The van der Waals surface area contributed by atoms with Gasteiger partial charge in [-0.1, -0.05) is 66.7 Å². The Morgan fingerprint density at radius 3 is 1.35 bits per heavy atom. The Balaban J connectivity index is 1.93. The molecule has 13 nitrogen and oxygen atoms in total. The molecule has 0 aliphatic carbocycles. The lowest BCUT2D eigenvalue weighted by Crippen LogP contribution is -2.49. The molecule has 5 N–H and O–H groups in total. The Morgan fingerprint density at radius 2 is 0.941 bits per heavy atom. The Bertz CT molecular complexity index is 1510. The van der Waals surface area contributed by atoms with E-state index in [4.69, 9.17) is 10.2 Å². The van der Waals surface area contributed by atoms with Crippen molar-refractivity contribution in [3.63, 3.8) is 0 Å². The predicted molar refractivity (Wildman–Crippen MR) is 191 cm³/mol. The molecule has 3 rings (SSSR count). The average molecular weight is 706 g/mol. The topological polar surface area (TPSA) is 196 Å². The number of rotatable bonds is 25. The number of carboxylic acid groups (broad SMARTS) is 5. The van der Waals surface area contributed by atoms with Crippen LogP contribution in [-0.4, -0.2) is 106 Å². The van der Waals surface area contributed by atoms with Crippen LogP contribution in [0.2, 0.25) is 0 Å². The van der Waals surface area contributed by atoms with Crippen molar-refractivity contribution in [3.05, 3.63) is 95.6 Å². The molecular formula is C38H47N3O10. The molecule has 0 aliphatic rings. The molecule has 0 fully saturated rings. The highest BCUT2D eigenvalue weighted by atomic mass is 16.4. The van der Waals surface area contributed by atoms with Crippen molar-refractivity contribution in [1.29, 1.82) is 0 Å². The second kappa shape index (κ2) is 20.9. The quantitative estimate of drug-likeness (QED) is 0.0834. The van der Waals surface area contributed by atoms with Crippen molar-refractivity contribution in [1.82, 2.24) is 4.90 Å². The van der Waals surface area contributed by atoms with Crippen molar-refractivity contribution < 1.29 is 49.5 Å². The summed E-state index contributed by atoms with van der Waals surface area (Å²) in [6.45, 7) is -0.238. The van der Waals surface area contributed by atoms with Crippen molar-refractivity contribution in [3.8, 4) is 0 Å². The van der Waals surface area contributed by atoms with Crippen LogP contribution in [0, 0.1) is 0 Å². The van der Waals surface area contributed by atoms with Crippen LogP contribution >= 0.6 is 0 Å². The van der Waals surface area contributed by atoms with E-state index in [2.05, 4.69) is 0 Å². The summed E-state index contributed by atoms with van der Waals surface area (Å²) in [6.07, 6.45) is 2.16. The maximum absolute atomic E-state index is 12.8. The second-order valence-corrected chi connectivity index (χ2v) is 12.3. The molecule has 1 unspecified atom stereocenters. The Hall–Kier alpha value is -5.43. The molecule has 274 valence electrons. The van der Waals surface area contributed by atoms with Gasteiger partial charge in [0.15, 0.2) is 0 Å². The first kappa shape index (κ1) is 40.0. The highest BCUT2D eigenvalue weighted by Crippen LogP contribution is 2.25. The largest absolute Gasteiger partial charge is 0.481 e. The number of aryl methyl sites for hydroxylation is 3. The summed E-state index contributed by atoms with van der Waals surface area (Å²) >= 11 is 0. The summed E-state index contributed by atoms with van der Waals surface area (Å²) in [5, 5.41) is 48.4. The number of benzene rings is 3. The summed E-state index contributed by atoms with van der Waals surface area (Å²) in [5.74, 6) is -5.11. The number of carboxylic acids is 5. The second-order valence-electron chi connectivity index (χ2n) is 12.3. The molecule has 0 radical (unpaired) electrons. The first-order valence-electron chi connectivity index (χ1n) is 17.0. The molecule has 13 heteroatoms. The van der Waals surface area contributed by atoms with Crippen LogP contribution in [0.5, 0.6) is 0 Å². The SMILES string of the molecule is O=C(O)CCCc1ccccc1N(CCN(CCN(CC(=O)O)c1ccccc1CCCC(=O)O)C(CCc1ccccc1)C(=O)O)CC(=O)O. The standard InChI is InChI=1S/C38H47N3O10/c42-34(43)18-8-14-29-12-4-6-16-31(29)40(26-36(46)47)24-22-39(33(38(50)51)21-20-28-10-2-1-3-11-28)23-25-41(27-37(48)49)32-17-7-5-13-30(32)15-9-19-35(44)45/h1-7,10-13,16-17,33H,8-9,14-15,18-27H2,(H,42,43)(H,44,45)(H,46,47)(H,48,49)(H,50,51). The van der Waals surface area contributed by atoms with Gasteiger partial charge in [-0.15, -0.1) is 0 Å². The molecule has 0 bridgehead atoms. The maximum Gasteiger partial charge on any atom is 0.323 e. The van der Waals surface area contributed by atoms with Crippen molar-refractivity contribution in [2.45, 2.75) is 57.4 Å². The lowest BCUT2D eigenvalue weighted by molar-refractivity contribution is -0.144. The average Bonchev–Trinajstić information content (AvgIpc) is 3.08. The van der Waals surface area contributed by atoms with E-state index in [0.29, 0.717) is 43.5 Å². The van der Waals surface area contributed by atoms with Gasteiger partial charge in [-0.25, -0.2) is 0 Å². The van der Waals surface area contributed by atoms with Crippen LogP contribution in [-0.2, 0) is 43.2 Å². The first-order chi connectivity index (χ1) is 24.4. The molecule has 3 aromatic carbocycles. The molecule has 0 heterocycles. The highest BCUT2D eigenvalue weighted by Gasteiger charge is 2.28. The minimum atomic E-state index is -1.09. The molecule has 3 aromatic rings. The van der Waals surface area contributed by atoms with Gasteiger partial charge in [0.1, 0.15) is 19.1 Å². The number of para-hydroxylation sites is 2. The molecule has 0 saturated carbocycles. The smallest absolute Gasteiger partial charge is 0.323 e. The Morgan fingerprint density at radius 1 is 0.510 bits per heavy atom. The number of hydrogen-bond acceptors (Lipinski definition) is 8. The molecule has 0 aromatic heterocycles. The van der Waals surface area contributed by atoms with Gasteiger partial charge in [0.2, 0.25) is 0 Å². The van der Waals surface area contributed by atoms with Crippen LogP contribution in [0.15, 0.2) is 78.9 Å². The fourth-order valence-electron chi connectivity index (χ4n) is 6.15. The number of nitrogens with zero attached hydrogens (tertiary/aromatic N) is 3. The molecule has 1 atom stereocenters. The van der Waals surface area contributed by atoms with Gasteiger partial charge in [0.05, 0.1) is 0 Å². The molecular weight excluding hydrogens is 658 g/mol. The zero-order valence-electron chi connectivity index (χ0n) is 28.6. The van der Waals surface area contributed by atoms with Crippen LogP contribution in [0.1, 0.15) is 48.8 Å². The van der Waals surface area contributed by atoms with E-state index in [1.807, 2.05) is 42.5 Å².